The van der Waals surface area contributed by atoms with Gasteiger partial charge in [0.25, 0.3) is 0 Å². The highest BCUT2D eigenvalue weighted by molar-refractivity contribution is 5.89. The summed E-state index contributed by atoms with van der Waals surface area (Å²) in [5.74, 6) is -0.380. The number of nitrogens with one attached hydrogen (secondary N) is 1. The average Bonchev–Trinajstić information content (AvgIpc) is 2.77. The molecule has 78 valence electrons. The first kappa shape index (κ1) is 9.49. The minimum atomic E-state index is -0.904. The van der Waals surface area contributed by atoms with Crippen molar-refractivity contribution in [2.24, 2.45) is 11.3 Å². The third kappa shape index (κ3) is 1.61. The molecule has 0 aromatic heterocycles. The maximum absolute atomic E-state index is 11.2. The number of carbonyl (C=O) groups excluding carboxylic acids is 1. The van der Waals surface area contributed by atoms with E-state index in [2.05, 4.69) is 5.32 Å². The molecule has 14 heavy (non-hydrogen) atoms. The minimum Gasteiger partial charge on any atom is -0.480 e. The molecule has 4 heteroatoms. The highest BCUT2D eigenvalue weighted by Gasteiger charge is 2.49. The molecule has 4 nitrogen and oxygen atoms in total. The largest absolute Gasteiger partial charge is 0.480 e. The van der Waals surface area contributed by atoms with E-state index in [1.165, 1.54) is 12.8 Å². The fourth-order valence-electron chi connectivity index (χ4n) is 2.39. The molecular formula is C10H15NO3. The van der Waals surface area contributed by atoms with Crippen molar-refractivity contribution >= 4 is 11.9 Å². The third-order valence-corrected chi connectivity index (χ3v) is 3.27. The molecule has 0 aromatic carbocycles. The fraction of sp³-hybridized carbons (Fsp3) is 0.800. The van der Waals surface area contributed by atoms with Crippen LogP contribution in [0.25, 0.3) is 0 Å². The van der Waals surface area contributed by atoms with Crippen LogP contribution < -0.4 is 5.32 Å². The number of aliphatic carboxylic acids is 1. The van der Waals surface area contributed by atoms with Crippen LogP contribution in [0.5, 0.6) is 0 Å². The molecule has 0 spiro atoms. The summed E-state index contributed by atoms with van der Waals surface area (Å²) in [6, 6.07) is -0.685. The summed E-state index contributed by atoms with van der Waals surface area (Å²) in [5.41, 5.74) is -0.371. The Morgan fingerprint density at radius 1 is 1.64 bits per heavy atom. The van der Waals surface area contributed by atoms with Crippen LogP contribution in [0.1, 0.15) is 32.6 Å². The van der Waals surface area contributed by atoms with Gasteiger partial charge < -0.3 is 10.4 Å². The Balaban J connectivity index is 2.12. The molecule has 2 N–H and O–H groups in total. The van der Waals surface area contributed by atoms with Gasteiger partial charge in [-0.2, -0.15) is 0 Å². The molecule has 1 aliphatic carbocycles. The monoisotopic (exact) mass is 197 g/mol. The van der Waals surface area contributed by atoms with Crippen molar-refractivity contribution in [2.45, 2.75) is 38.6 Å². The van der Waals surface area contributed by atoms with Crippen LogP contribution in [-0.4, -0.2) is 23.0 Å². The predicted molar refractivity (Wildman–Crippen MR) is 49.6 cm³/mol. The van der Waals surface area contributed by atoms with Crippen LogP contribution in [0.15, 0.2) is 0 Å². The number of hydrogen-bond donors (Lipinski definition) is 2. The van der Waals surface area contributed by atoms with E-state index in [1.807, 2.05) is 6.92 Å². The molecule has 2 unspecified atom stereocenters. The van der Waals surface area contributed by atoms with E-state index in [0.717, 1.165) is 6.42 Å². The van der Waals surface area contributed by atoms with Gasteiger partial charge >= 0.3 is 5.97 Å². The van der Waals surface area contributed by atoms with Crippen LogP contribution in [0, 0.1) is 11.3 Å². The molecule has 0 aromatic rings. The Hall–Kier alpha value is -1.06. The zero-order valence-electron chi connectivity index (χ0n) is 8.25. The van der Waals surface area contributed by atoms with Crippen LogP contribution in [-0.2, 0) is 9.59 Å². The Labute approximate surface area is 82.7 Å². The van der Waals surface area contributed by atoms with Gasteiger partial charge in [-0.3, -0.25) is 4.79 Å². The number of hydrogen-bond acceptors (Lipinski definition) is 2. The first-order chi connectivity index (χ1) is 6.51. The standard InChI is InChI=1S/C10H15NO3/c1-10(4-6-2-3-6)5-7(12)11-8(10)9(13)14/h6,8H,2-5H2,1H3,(H,11,12)(H,13,14). The van der Waals surface area contributed by atoms with Crippen molar-refractivity contribution in [3.05, 3.63) is 0 Å². The Kier molecular flexibility index (Phi) is 2.01. The van der Waals surface area contributed by atoms with Gasteiger partial charge in [-0.25, -0.2) is 4.79 Å². The number of carbonyl (C=O) groups is 2. The lowest BCUT2D eigenvalue weighted by Gasteiger charge is -2.26. The van der Waals surface area contributed by atoms with Gasteiger partial charge in [-0.15, -0.1) is 0 Å². The van der Waals surface area contributed by atoms with E-state index in [4.69, 9.17) is 5.11 Å². The Bertz CT molecular complexity index is 285. The summed E-state index contributed by atoms with van der Waals surface area (Å²) in [6.45, 7) is 1.90. The molecular weight excluding hydrogens is 182 g/mol. The number of rotatable bonds is 3. The maximum atomic E-state index is 11.2. The van der Waals surface area contributed by atoms with Gasteiger partial charge in [-0.1, -0.05) is 19.8 Å². The molecule has 1 aliphatic heterocycles. The lowest BCUT2D eigenvalue weighted by molar-refractivity contribution is -0.142. The molecule has 2 rings (SSSR count). The van der Waals surface area contributed by atoms with Gasteiger partial charge in [0, 0.05) is 11.8 Å². The smallest absolute Gasteiger partial charge is 0.326 e. The quantitative estimate of drug-likeness (QED) is 0.702. The van der Waals surface area contributed by atoms with Gasteiger partial charge in [0.15, 0.2) is 0 Å². The summed E-state index contributed by atoms with van der Waals surface area (Å²) in [7, 11) is 0. The number of amides is 1. The van der Waals surface area contributed by atoms with Crippen molar-refractivity contribution < 1.29 is 14.7 Å². The van der Waals surface area contributed by atoms with Crippen molar-refractivity contribution in [3.8, 4) is 0 Å². The summed E-state index contributed by atoms with van der Waals surface area (Å²) >= 11 is 0. The Morgan fingerprint density at radius 2 is 2.29 bits per heavy atom. The third-order valence-electron chi connectivity index (χ3n) is 3.27. The van der Waals surface area contributed by atoms with Crippen LogP contribution in [0.3, 0.4) is 0 Å². The highest BCUT2D eigenvalue weighted by atomic mass is 16.4. The highest BCUT2D eigenvalue weighted by Crippen LogP contribution is 2.45. The van der Waals surface area contributed by atoms with Gasteiger partial charge in [0.05, 0.1) is 0 Å². The summed E-state index contributed by atoms with van der Waals surface area (Å²) < 4.78 is 0. The molecule has 1 amide bonds. The van der Waals surface area contributed by atoms with Crippen LogP contribution in [0.4, 0.5) is 0 Å². The molecule has 0 bridgehead atoms. The van der Waals surface area contributed by atoms with Crippen molar-refractivity contribution in [2.75, 3.05) is 0 Å². The van der Waals surface area contributed by atoms with E-state index in [0.29, 0.717) is 12.3 Å². The molecule has 2 aliphatic rings. The van der Waals surface area contributed by atoms with Gasteiger partial charge in [0.1, 0.15) is 6.04 Å². The second-order valence-corrected chi connectivity index (χ2v) is 4.82. The van der Waals surface area contributed by atoms with Crippen molar-refractivity contribution in [3.63, 3.8) is 0 Å². The normalized spacial score (nSPS) is 36.9. The van der Waals surface area contributed by atoms with Crippen LogP contribution in [0.2, 0.25) is 0 Å². The fourth-order valence-corrected chi connectivity index (χ4v) is 2.39. The molecule has 2 fully saturated rings. The maximum Gasteiger partial charge on any atom is 0.326 e. The lowest BCUT2D eigenvalue weighted by atomic mass is 9.78. The first-order valence-corrected chi connectivity index (χ1v) is 5.03. The molecule has 1 heterocycles. The zero-order valence-corrected chi connectivity index (χ0v) is 8.25. The van der Waals surface area contributed by atoms with E-state index in [9.17, 15) is 9.59 Å². The Morgan fingerprint density at radius 3 is 2.79 bits per heavy atom. The lowest BCUT2D eigenvalue weighted by Crippen LogP contribution is -2.42. The molecule has 1 saturated heterocycles. The topological polar surface area (TPSA) is 66.4 Å². The SMILES string of the molecule is CC1(CC2CC2)CC(=O)NC1C(=O)O. The second kappa shape index (κ2) is 2.97. The van der Waals surface area contributed by atoms with E-state index in [-0.39, 0.29) is 11.3 Å². The molecule has 0 radical (unpaired) electrons. The molecule has 1 saturated carbocycles. The van der Waals surface area contributed by atoms with Crippen molar-refractivity contribution in [1.29, 1.82) is 0 Å². The van der Waals surface area contributed by atoms with E-state index < -0.39 is 12.0 Å². The first-order valence-electron chi connectivity index (χ1n) is 5.03. The van der Waals surface area contributed by atoms with Gasteiger partial charge in [0.2, 0.25) is 5.91 Å². The van der Waals surface area contributed by atoms with Crippen LogP contribution >= 0.6 is 0 Å². The number of carboxylic acids is 1. The van der Waals surface area contributed by atoms with E-state index in [1.54, 1.807) is 0 Å². The zero-order chi connectivity index (χ0) is 10.3. The summed E-state index contributed by atoms with van der Waals surface area (Å²) in [4.78, 5) is 22.2. The minimum absolute atomic E-state index is 0.124. The summed E-state index contributed by atoms with van der Waals surface area (Å²) in [6.07, 6.45) is 3.61. The predicted octanol–water partition coefficient (Wildman–Crippen LogP) is 0.766. The average molecular weight is 197 g/mol. The molecule has 2 atom stereocenters. The second-order valence-electron chi connectivity index (χ2n) is 4.82. The summed E-state index contributed by atoms with van der Waals surface area (Å²) in [5, 5.41) is 11.5. The van der Waals surface area contributed by atoms with E-state index >= 15 is 0 Å². The van der Waals surface area contributed by atoms with Gasteiger partial charge in [-0.05, 0) is 12.3 Å². The van der Waals surface area contributed by atoms with Crippen molar-refractivity contribution in [1.82, 2.24) is 5.32 Å². The number of carboxylic acid groups (broad SMARTS) is 1.